The van der Waals surface area contributed by atoms with Crippen molar-refractivity contribution < 1.29 is 14.3 Å². The van der Waals surface area contributed by atoms with Gasteiger partial charge in [-0.3, -0.25) is 9.59 Å². The van der Waals surface area contributed by atoms with E-state index >= 15 is 0 Å². The third-order valence-electron chi connectivity index (χ3n) is 4.51. The summed E-state index contributed by atoms with van der Waals surface area (Å²) in [5, 5.41) is 10.8. The second-order valence-electron chi connectivity index (χ2n) is 6.52. The van der Waals surface area contributed by atoms with Gasteiger partial charge in [0.1, 0.15) is 12.1 Å². The number of fused-ring (bicyclic) bond motifs is 1. The van der Waals surface area contributed by atoms with Crippen molar-refractivity contribution in [3.8, 4) is 0 Å². The number of aromatic nitrogens is 3. The summed E-state index contributed by atoms with van der Waals surface area (Å²) >= 11 is 0. The van der Waals surface area contributed by atoms with Crippen LogP contribution in [0, 0.1) is 0 Å². The van der Waals surface area contributed by atoms with Crippen molar-refractivity contribution >= 4 is 22.9 Å². The topological polar surface area (TPSA) is 86.1 Å². The molecular formula is C19H24N4O3. The Morgan fingerprint density at radius 2 is 2.15 bits per heavy atom. The highest BCUT2D eigenvalue weighted by Gasteiger charge is 2.19. The summed E-state index contributed by atoms with van der Waals surface area (Å²) in [6, 6.07) is 7.36. The van der Waals surface area contributed by atoms with E-state index < -0.39 is 12.1 Å². The first-order valence-corrected chi connectivity index (χ1v) is 9.07. The van der Waals surface area contributed by atoms with Crippen LogP contribution in [0.25, 0.3) is 11.0 Å². The van der Waals surface area contributed by atoms with Crippen molar-refractivity contribution in [2.45, 2.75) is 51.7 Å². The minimum Gasteiger partial charge on any atom is -0.451 e. The number of ether oxygens (including phenoxy) is 1. The Hall–Kier alpha value is -2.70. The van der Waals surface area contributed by atoms with Gasteiger partial charge in [-0.05, 0) is 51.2 Å². The molecule has 2 aromatic rings. The second kappa shape index (κ2) is 8.60. The lowest BCUT2D eigenvalue weighted by Crippen LogP contribution is -2.37. The van der Waals surface area contributed by atoms with Crippen LogP contribution in [0.5, 0.6) is 0 Å². The van der Waals surface area contributed by atoms with Crippen LogP contribution in [0.2, 0.25) is 0 Å². The predicted octanol–water partition coefficient (Wildman–Crippen LogP) is 2.37. The molecule has 138 valence electrons. The van der Waals surface area contributed by atoms with Crippen LogP contribution in [0.1, 0.15) is 39.0 Å². The Bertz CT molecular complexity index is 812. The van der Waals surface area contributed by atoms with Gasteiger partial charge >= 0.3 is 5.97 Å². The Balaban J connectivity index is 1.44. The number of para-hydroxylation sites is 1. The van der Waals surface area contributed by atoms with Gasteiger partial charge in [-0.2, -0.15) is 0 Å². The number of hydrogen-bond acceptors (Lipinski definition) is 5. The zero-order chi connectivity index (χ0) is 18.4. The molecule has 0 spiro atoms. The molecule has 1 N–H and O–H groups in total. The van der Waals surface area contributed by atoms with Gasteiger partial charge in [0.05, 0.1) is 5.52 Å². The van der Waals surface area contributed by atoms with Gasteiger partial charge in [0, 0.05) is 6.54 Å². The van der Waals surface area contributed by atoms with E-state index in [0.717, 1.165) is 24.8 Å². The smallest absolute Gasteiger partial charge is 0.328 e. The number of nitrogens with zero attached hydrogens (tertiary/aromatic N) is 3. The SMILES string of the molecule is CC(OC(=O)Cn1nnc2ccccc21)C(=O)NCCC1=CCCCC1. The van der Waals surface area contributed by atoms with Crippen LogP contribution in [-0.4, -0.2) is 39.5 Å². The molecule has 1 aromatic carbocycles. The average molecular weight is 356 g/mol. The van der Waals surface area contributed by atoms with Gasteiger partial charge in [-0.15, -0.1) is 5.10 Å². The van der Waals surface area contributed by atoms with Crippen molar-refractivity contribution in [3.63, 3.8) is 0 Å². The van der Waals surface area contributed by atoms with Crippen molar-refractivity contribution in [3.05, 3.63) is 35.9 Å². The molecule has 0 fully saturated rings. The van der Waals surface area contributed by atoms with E-state index in [1.807, 2.05) is 24.3 Å². The Morgan fingerprint density at radius 1 is 1.31 bits per heavy atom. The second-order valence-corrected chi connectivity index (χ2v) is 6.52. The normalized spacial score (nSPS) is 15.3. The number of esters is 1. The van der Waals surface area contributed by atoms with Crippen molar-refractivity contribution in [1.82, 2.24) is 20.3 Å². The number of carbonyl (C=O) groups is 2. The summed E-state index contributed by atoms with van der Waals surface area (Å²) < 4.78 is 6.69. The Labute approximate surface area is 152 Å². The molecule has 0 saturated heterocycles. The van der Waals surface area contributed by atoms with Crippen molar-refractivity contribution in [2.75, 3.05) is 6.54 Å². The number of allylic oxidation sites excluding steroid dienone is 1. The summed E-state index contributed by atoms with van der Waals surface area (Å²) in [4.78, 5) is 24.2. The number of rotatable bonds is 7. The zero-order valence-electron chi connectivity index (χ0n) is 15.0. The van der Waals surface area contributed by atoms with E-state index in [-0.39, 0.29) is 12.5 Å². The van der Waals surface area contributed by atoms with E-state index in [2.05, 4.69) is 21.7 Å². The van der Waals surface area contributed by atoms with E-state index in [0.29, 0.717) is 12.1 Å². The average Bonchev–Trinajstić information content (AvgIpc) is 3.05. The van der Waals surface area contributed by atoms with E-state index in [4.69, 9.17) is 4.74 Å². The molecule has 0 radical (unpaired) electrons. The maximum atomic E-state index is 12.1. The summed E-state index contributed by atoms with van der Waals surface area (Å²) in [6.07, 6.45) is 7.02. The molecule has 0 aliphatic heterocycles. The number of carbonyl (C=O) groups excluding carboxylic acids is 2. The monoisotopic (exact) mass is 356 g/mol. The fourth-order valence-corrected chi connectivity index (χ4v) is 3.07. The third kappa shape index (κ3) is 4.68. The van der Waals surface area contributed by atoms with Gasteiger partial charge in [-0.25, -0.2) is 4.68 Å². The van der Waals surface area contributed by atoms with Gasteiger partial charge in [0.2, 0.25) is 0 Å². The van der Waals surface area contributed by atoms with Gasteiger partial charge < -0.3 is 10.1 Å². The molecule has 3 rings (SSSR count). The molecule has 1 atom stereocenters. The van der Waals surface area contributed by atoms with E-state index in [1.54, 1.807) is 6.92 Å². The van der Waals surface area contributed by atoms with Crippen LogP contribution in [0.4, 0.5) is 0 Å². The van der Waals surface area contributed by atoms with Gasteiger partial charge in [0.15, 0.2) is 6.10 Å². The molecule has 7 heteroatoms. The largest absolute Gasteiger partial charge is 0.451 e. The minimum absolute atomic E-state index is 0.0784. The highest BCUT2D eigenvalue weighted by atomic mass is 16.5. The van der Waals surface area contributed by atoms with Crippen molar-refractivity contribution in [2.24, 2.45) is 0 Å². The molecule has 0 bridgehead atoms. The first-order valence-electron chi connectivity index (χ1n) is 9.07. The molecule has 1 amide bonds. The summed E-state index contributed by atoms with van der Waals surface area (Å²) in [5.41, 5.74) is 2.87. The molecule has 1 aromatic heterocycles. The van der Waals surface area contributed by atoms with Gasteiger partial charge in [-0.1, -0.05) is 29.0 Å². The maximum absolute atomic E-state index is 12.1. The van der Waals surface area contributed by atoms with Crippen LogP contribution in [0.3, 0.4) is 0 Å². The first-order chi connectivity index (χ1) is 12.6. The van der Waals surface area contributed by atoms with E-state index in [9.17, 15) is 9.59 Å². The lowest BCUT2D eigenvalue weighted by Gasteiger charge is -2.15. The Morgan fingerprint density at radius 3 is 2.96 bits per heavy atom. The van der Waals surface area contributed by atoms with E-state index in [1.165, 1.54) is 23.1 Å². The van der Waals surface area contributed by atoms with Crippen LogP contribution in [0.15, 0.2) is 35.9 Å². The molecule has 26 heavy (non-hydrogen) atoms. The fourth-order valence-electron chi connectivity index (χ4n) is 3.07. The summed E-state index contributed by atoms with van der Waals surface area (Å²) in [6.45, 7) is 2.07. The molecule has 1 aliphatic rings. The zero-order valence-corrected chi connectivity index (χ0v) is 15.0. The molecule has 1 unspecified atom stereocenters. The maximum Gasteiger partial charge on any atom is 0.328 e. The molecule has 7 nitrogen and oxygen atoms in total. The lowest BCUT2D eigenvalue weighted by atomic mass is 9.97. The summed E-state index contributed by atoms with van der Waals surface area (Å²) in [5.74, 6) is -0.795. The highest BCUT2D eigenvalue weighted by Crippen LogP contribution is 2.19. The third-order valence-corrected chi connectivity index (χ3v) is 4.51. The highest BCUT2D eigenvalue weighted by molar-refractivity contribution is 5.83. The molecule has 1 heterocycles. The number of hydrogen-bond donors (Lipinski definition) is 1. The minimum atomic E-state index is -0.836. The van der Waals surface area contributed by atoms with Crippen LogP contribution >= 0.6 is 0 Å². The van der Waals surface area contributed by atoms with Crippen molar-refractivity contribution in [1.29, 1.82) is 0 Å². The fraction of sp³-hybridized carbons (Fsp3) is 0.474. The molecular weight excluding hydrogens is 332 g/mol. The quantitative estimate of drug-likeness (QED) is 0.608. The molecule has 0 saturated carbocycles. The predicted molar refractivity (Wildman–Crippen MR) is 97.3 cm³/mol. The number of nitrogens with one attached hydrogen (secondary N) is 1. The van der Waals surface area contributed by atoms with Crippen LogP contribution < -0.4 is 5.32 Å². The van der Waals surface area contributed by atoms with Gasteiger partial charge in [0.25, 0.3) is 5.91 Å². The lowest BCUT2D eigenvalue weighted by molar-refractivity contribution is -0.155. The standard InChI is InChI=1S/C19H24N4O3/c1-14(19(25)20-12-11-15-7-3-2-4-8-15)26-18(24)13-23-17-10-6-5-9-16(17)21-22-23/h5-7,9-10,14H,2-4,8,11-13H2,1H3,(H,20,25). The number of benzene rings is 1. The Kier molecular flexibility index (Phi) is 5.99. The molecule has 1 aliphatic carbocycles. The summed E-state index contributed by atoms with van der Waals surface area (Å²) in [7, 11) is 0. The number of amides is 1. The first kappa shape index (κ1) is 18.1. The van der Waals surface area contributed by atoms with Crippen LogP contribution in [-0.2, 0) is 20.9 Å².